The molecular formula is C12H18BrN3S. The molecule has 0 aliphatic heterocycles. The van der Waals surface area contributed by atoms with Gasteiger partial charge in [0.2, 0.25) is 0 Å². The van der Waals surface area contributed by atoms with Gasteiger partial charge in [-0.25, -0.2) is 0 Å². The lowest BCUT2D eigenvalue weighted by atomic mass is 10.1. The first-order valence-electron chi connectivity index (χ1n) is 5.37. The van der Waals surface area contributed by atoms with Crippen LogP contribution in [0, 0.1) is 0 Å². The highest BCUT2D eigenvalue weighted by Crippen LogP contribution is 2.27. The van der Waals surface area contributed by atoms with E-state index in [9.17, 15) is 0 Å². The lowest BCUT2D eigenvalue weighted by Crippen LogP contribution is -2.30. The van der Waals surface area contributed by atoms with Crippen LogP contribution in [0.4, 0.5) is 5.69 Å². The third-order valence-corrected chi connectivity index (χ3v) is 3.40. The molecule has 0 amide bonds. The van der Waals surface area contributed by atoms with Gasteiger partial charge in [-0.1, -0.05) is 18.3 Å². The van der Waals surface area contributed by atoms with Gasteiger partial charge in [-0.05, 0) is 42.2 Å². The summed E-state index contributed by atoms with van der Waals surface area (Å²) in [5.41, 5.74) is 7.74. The van der Waals surface area contributed by atoms with Crippen LogP contribution in [0.1, 0.15) is 5.56 Å². The molecule has 1 aromatic carbocycles. The largest absolute Gasteiger partial charge is 0.389 e. The third kappa shape index (κ3) is 3.94. The van der Waals surface area contributed by atoms with Crippen molar-refractivity contribution in [3.63, 3.8) is 0 Å². The predicted molar refractivity (Wildman–Crippen MR) is 81.9 cm³/mol. The molecule has 0 spiro atoms. The molecule has 0 saturated carbocycles. The quantitative estimate of drug-likeness (QED) is 0.843. The average Bonchev–Trinajstić information content (AvgIpc) is 2.24. The van der Waals surface area contributed by atoms with Crippen molar-refractivity contribution in [2.45, 2.75) is 0 Å². The molecule has 17 heavy (non-hydrogen) atoms. The minimum absolute atomic E-state index is 0.421. The number of nitrogens with zero attached hydrogens (tertiary/aromatic N) is 2. The zero-order valence-electron chi connectivity index (χ0n) is 10.4. The summed E-state index contributed by atoms with van der Waals surface area (Å²) >= 11 is 8.59. The molecule has 0 unspecified atom stereocenters. The van der Waals surface area contributed by atoms with E-state index in [1.54, 1.807) is 0 Å². The van der Waals surface area contributed by atoms with Crippen molar-refractivity contribution in [1.82, 2.24) is 4.90 Å². The molecule has 3 nitrogen and oxygen atoms in total. The zero-order chi connectivity index (χ0) is 13.0. The minimum Gasteiger partial charge on any atom is -0.389 e. The second-order valence-corrected chi connectivity index (χ2v) is 5.52. The van der Waals surface area contributed by atoms with E-state index in [-0.39, 0.29) is 0 Å². The van der Waals surface area contributed by atoms with Gasteiger partial charge in [-0.3, -0.25) is 0 Å². The van der Waals surface area contributed by atoms with E-state index in [1.165, 1.54) is 0 Å². The molecule has 94 valence electrons. The summed E-state index contributed by atoms with van der Waals surface area (Å²) < 4.78 is 0.944. The van der Waals surface area contributed by atoms with Crippen LogP contribution in [0.2, 0.25) is 0 Å². The van der Waals surface area contributed by atoms with Crippen LogP contribution in [0.3, 0.4) is 0 Å². The monoisotopic (exact) mass is 315 g/mol. The lowest BCUT2D eigenvalue weighted by molar-refractivity contribution is 0.416. The van der Waals surface area contributed by atoms with E-state index in [0.29, 0.717) is 4.99 Å². The van der Waals surface area contributed by atoms with Crippen molar-refractivity contribution >= 4 is 38.8 Å². The highest BCUT2D eigenvalue weighted by molar-refractivity contribution is 9.10. The van der Waals surface area contributed by atoms with Gasteiger partial charge in [0.1, 0.15) is 4.99 Å². The van der Waals surface area contributed by atoms with Crippen LogP contribution in [0.5, 0.6) is 0 Å². The van der Waals surface area contributed by atoms with Gasteiger partial charge in [-0.15, -0.1) is 0 Å². The van der Waals surface area contributed by atoms with Crippen LogP contribution in [0.25, 0.3) is 0 Å². The summed E-state index contributed by atoms with van der Waals surface area (Å²) in [6.07, 6.45) is 0. The van der Waals surface area contributed by atoms with Crippen molar-refractivity contribution in [3.05, 3.63) is 28.2 Å². The number of nitrogens with two attached hydrogens (primary N) is 1. The number of halogens is 1. The first-order chi connectivity index (χ1) is 7.93. The number of benzene rings is 1. The Kier molecular flexibility index (Phi) is 5.36. The van der Waals surface area contributed by atoms with E-state index in [0.717, 1.165) is 28.8 Å². The summed E-state index contributed by atoms with van der Waals surface area (Å²) in [5, 5.41) is 0. The second-order valence-electron chi connectivity index (χ2n) is 4.22. The number of hydrogen-bond acceptors (Lipinski definition) is 3. The van der Waals surface area contributed by atoms with Crippen molar-refractivity contribution in [1.29, 1.82) is 0 Å². The molecule has 5 heteroatoms. The summed E-state index contributed by atoms with van der Waals surface area (Å²) in [5.74, 6) is 0. The van der Waals surface area contributed by atoms with Gasteiger partial charge >= 0.3 is 0 Å². The van der Waals surface area contributed by atoms with Gasteiger partial charge in [0, 0.05) is 35.9 Å². The highest BCUT2D eigenvalue weighted by Gasteiger charge is 2.12. The van der Waals surface area contributed by atoms with E-state index in [2.05, 4.69) is 39.8 Å². The van der Waals surface area contributed by atoms with E-state index < -0.39 is 0 Å². The van der Waals surface area contributed by atoms with Gasteiger partial charge < -0.3 is 15.5 Å². The minimum atomic E-state index is 0.421. The van der Waals surface area contributed by atoms with Crippen LogP contribution < -0.4 is 10.6 Å². The number of thiocarbonyl (C=S) groups is 1. The summed E-state index contributed by atoms with van der Waals surface area (Å²) in [6, 6.07) is 5.99. The fourth-order valence-electron chi connectivity index (χ4n) is 1.55. The molecule has 0 fully saturated rings. The van der Waals surface area contributed by atoms with Gasteiger partial charge in [0.05, 0.1) is 0 Å². The molecule has 2 N–H and O–H groups in total. The topological polar surface area (TPSA) is 32.5 Å². The first-order valence-corrected chi connectivity index (χ1v) is 6.57. The molecule has 0 aliphatic carbocycles. The fraction of sp³-hybridized carbons (Fsp3) is 0.417. The van der Waals surface area contributed by atoms with Crippen LogP contribution in [-0.4, -0.2) is 44.1 Å². The molecule has 0 saturated heterocycles. The number of hydrogen-bond donors (Lipinski definition) is 1. The maximum absolute atomic E-state index is 5.77. The van der Waals surface area contributed by atoms with Crippen molar-refractivity contribution < 1.29 is 0 Å². The third-order valence-electron chi connectivity index (χ3n) is 2.53. The molecule has 0 radical (unpaired) electrons. The zero-order valence-corrected chi connectivity index (χ0v) is 12.8. The molecule has 1 rings (SSSR count). The molecule has 0 bridgehead atoms. The van der Waals surface area contributed by atoms with Crippen molar-refractivity contribution in [2.75, 3.05) is 39.1 Å². The number of anilines is 1. The van der Waals surface area contributed by atoms with E-state index >= 15 is 0 Å². The molecule has 0 heterocycles. The standard InChI is InChI=1S/C12H18BrN3S/c1-15(2)7-8-16(3)10-6-4-5-9(13)11(10)12(14)17/h4-6H,7-8H2,1-3H3,(H2,14,17). The summed E-state index contributed by atoms with van der Waals surface area (Å²) in [4.78, 5) is 4.73. The van der Waals surface area contributed by atoms with Gasteiger partial charge in [0.25, 0.3) is 0 Å². The van der Waals surface area contributed by atoms with Gasteiger partial charge in [0.15, 0.2) is 0 Å². The van der Waals surface area contributed by atoms with E-state index in [4.69, 9.17) is 18.0 Å². The molecule has 0 aromatic heterocycles. The Morgan fingerprint density at radius 2 is 1.94 bits per heavy atom. The average molecular weight is 316 g/mol. The Morgan fingerprint density at radius 3 is 2.47 bits per heavy atom. The van der Waals surface area contributed by atoms with Crippen LogP contribution >= 0.6 is 28.1 Å². The number of likely N-dealkylation sites (N-methyl/N-ethyl adjacent to an activating group) is 2. The maximum atomic E-state index is 5.77. The lowest BCUT2D eigenvalue weighted by Gasteiger charge is -2.24. The first kappa shape index (κ1) is 14.4. The molecule has 1 aromatic rings. The Hall–Kier alpha value is -0.650. The van der Waals surface area contributed by atoms with Crippen molar-refractivity contribution in [2.24, 2.45) is 5.73 Å². The Morgan fingerprint density at radius 1 is 1.29 bits per heavy atom. The van der Waals surface area contributed by atoms with Crippen LogP contribution in [-0.2, 0) is 0 Å². The van der Waals surface area contributed by atoms with Crippen molar-refractivity contribution in [3.8, 4) is 0 Å². The smallest absolute Gasteiger partial charge is 0.107 e. The predicted octanol–water partition coefficient (Wildman–Crippen LogP) is 2.08. The SMILES string of the molecule is CN(C)CCN(C)c1cccc(Br)c1C(N)=S. The molecule has 0 aliphatic rings. The fourth-order valence-corrected chi connectivity index (χ4v) is 2.46. The Bertz CT molecular complexity index is 407. The molecule has 0 atom stereocenters. The Balaban J connectivity index is 2.96. The highest BCUT2D eigenvalue weighted by atomic mass is 79.9. The number of rotatable bonds is 5. The molecular weight excluding hydrogens is 298 g/mol. The normalized spacial score (nSPS) is 10.6. The summed E-state index contributed by atoms with van der Waals surface area (Å²) in [6.45, 7) is 1.92. The van der Waals surface area contributed by atoms with Crippen LogP contribution in [0.15, 0.2) is 22.7 Å². The second kappa shape index (κ2) is 6.33. The maximum Gasteiger partial charge on any atom is 0.107 e. The van der Waals surface area contributed by atoms with E-state index in [1.807, 2.05) is 25.2 Å². The van der Waals surface area contributed by atoms with Gasteiger partial charge in [-0.2, -0.15) is 0 Å². The Labute approximate surface area is 117 Å². The summed E-state index contributed by atoms with van der Waals surface area (Å²) in [7, 11) is 6.17.